The zero-order valence-electron chi connectivity index (χ0n) is 16.4. The molecule has 2 aliphatic rings. The lowest BCUT2D eigenvalue weighted by Gasteiger charge is -2.32. The number of nitrogens with one attached hydrogen (secondary N) is 1. The minimum absolute atomic E-state index is 0.157. The molecule has 7 nitrogen and oxygen atoms in total. The topological polar surface area (TPSA) is 76.8 Å². The van der Waals surface area contributed by atoms with Crippen molar-refractivity contribution in [3.8, 4) is 11.5 Å². The van der Waals surface area contributed by atoms with Gasteiger partial charge in [-0.25, -0.2) is 0 Å². The van der Waals surface area contributed by atoms with Crippen LogP contribution in [0, 0.1) is 0 Å². The lowest BCUT2D eigenvalue weighted by atomic mass is 9.94. The highest BCUT2D eigenvalue weighted by atomic mass is 16.5. The summed E-state index contributed by atoms with van der Waals surface area (Å²) in [6.45, 7) is 2.67. The quantitative estimate of drug-likeness (QED) is 0.790. The molecule has 1 atom stereocenters. The summed E-state index contributed by atoms with van der Waals surface area (Å²) in [6, 6.07) is 8.08. The first-order chi connectivity index (χ1) is 13.7. The zero-order valence-corrected chi connectivity index (χ0v) is 16.4. The first kappa shape index (κ1) is 18.8. The van der Waals surface area contributed by atoms with Crippen LogP contribution in [0.4, 0.5) is 0 Å². The molecule has 0 unspecified atom stereocenters. The Morgan fingerprint density at radius 3 is 2.89 bits per heavy atom. The Morgan fingerprint density at radius 2 is 2.14 bits per heavy atom. The van der Waals surface area contributed by atoms with Crippen molar-refractivity contribution in [3.05, 3.63) is 41.3 Å². The number of carbonyl (C=O) groups is 1. The number of rotatable bonds is 7. The molecular weight excluding hydrogens is 358 g/mol. The Bertz CT molecular complexity index is 831. The number of nitrogens with zero attached hydrogens (tertiary/aromatic N) is 2. The Balaban J connectivity index is 1.42. The second kappa shape index (κ2) is 8.22. The van der Waals surface area contributed by atoms with Gasteiger partial charge in [0.05, 0.1) is 19.9 Å². The van der Waals surface area contributed by atoms with Gasteiger partial charge < -0.3 is 19.3 Å². The molecule has 1 saturated heterocycles. The van der Waals surface area contributed by atoms with Crippen LogP contribution < -0.4 is 14.8 Å². The third-order valence-electron chi connectivity index (χ3n) is 5.47. The molecule has 1 aromatic heterocycles. The number of para-hydroxylation sites is 1. The molecule has 1 saturated carbocycles. The first-order valence-electron chi connectivity index (χ1n) is 9.87. The Kier molecular flexibility index (Phi) is 5.52. The number of piperidine rings is 1. The van der Waals surface area contributed by atoms with Crippen LogP contribution in [0.2, 0.25) is 0 Å². The standard InChI is InChI=1S/C21H27N3O4/c1-26-18-7-3-5-15(20(18)27-2)13-24-10-4-6-14(12-24)17-11-19(28-23-17)21(25)22-16-8-9-16/h3,5,7,11,14,16H,4,6,8-10,12-13H2,1-2H3,(H,22,25)/t14-/m0/s1. The molecule has 0 spiro atoms. The van der Waals surface area contributed by atoms with Gasteiger partial charge in [-0.05, 0) is 38.3 Å². The summed E-state index contributed by atoms with van der Waals surface area (Å²) in [5.74, 6) is 1.95. The van der Waals surface area contributed by atoms with Crippen molar-refractivity contribution in [2.45, 2.75) is 44.2 Å². The average Bonchev–Trinajstić information content (AvgIpc) is 3.39. The number of methoxy groups -OCH3 is 2. The van der Waals surface area contributed by atoms with E-state index in [0.29, 0.717) is 11.8 Å². The molecule has 150 valence electrons. The highest BCUT2D eigenvalue weighted by Gasteiger charge is 2.28. The van der Waals surface area contributed by atoms with E-state index in [0.717, 1.165) is 68.1 Å². The van der Waals surface area contributed by atoms with Gasteiger partial charge in [-0.1, -0.05) is 17.3 Å². The molecule has 4 rings (SSSR count). The van der Waals surface area contributed by atoms with Gasteiger partial charge >= 0.3 is 0 Å². The summed E-state index contributed by atoms with van der Waals surface area (Å²) in [7, 11) is 3.32. The predicted octanol–water partition coefficient (Wildman–Crippen LogP) is 2.96. The molecule has 1 N–H and O–H groups in total. The van der Waals surface area contributed by atoms with E-state index in [-0.39, 0.29) is 11.8 Å². The largest absolute Gasteiger partial charge is 0.493 e. The number of hydrogen-bond donors (Lipinski definition) is 1. The Labute approximate surface area is 165 Å². The van der Waals surface area contributed by atoms with E-state index in [1.807, 2.05) is 12.1 Å². The van der Waals surface area contributed by atoms with Crippen LogP contribution in [0.1, 0.15) is 53.4 Å². The molecule has 1 amide bonds. The number of likely N-dealkylation sites (tertiary alicyclic amines) is 1. The van der Waals surface area contributed by atoms with Crippen LogP contribution >= 0.6 is 0 Å². The molecule has 2 heterocycles. The third kappa shape index (κ3) is 4.14. The summed E-state index contributed by atoms with van der Waals surface area (Å²) in [5.41, 5.74) is 1.97. The molecule has 1 aliphatic heterocycles. The lowest BCUT2D eigenvalue weighted by molar-refractivity contribution is 0.0914. The minimum Gasteiger partial charge on any atom is -0.493 e. The van der Waals surface area contributed by atoms with Crippen LogP contribution in [0.5, 0.6) is 11.5 Å². The van der Waals surface area contributed by atoms with E-state index < -0.39 is 0 Å². The van der Waals surface area contributed by atoms with Gasteiger partial charge in [0.2, 0.25) is 5.76 Å². The molecule has 2 aromatic rings. The fourth-order valence-electron chi connectivity index (χ4n) is 3.83. The van der Waals surface area contributed by atoms with Crippen molar-refractivity contribution in [2.24, 2.45) is 0 Å². The second-order valence-electron chi connectivity index (χ2n) is 7.59. The Hall–Kier alpha value is -2.54. The van der Waals surface area contributed by atoms with E-state index in [2.05, 4.69) is 21.4 Å². The van der Waals surface area contributed by atoms with Crippen molar-refractivity contribution in [3.63, 3.8) is 0 Å². The van der Waals surface area contributed by atoms with Crippen molar-refractivity contribution in [1.29, 1.82) is 0 Å². The zero-order chi connectivity index (χ0) is 19.5. The van der Waals surface area contributed by atoms with Gasteiger partial charge in [0.1, 0.15) is 0 Å². The summed E-state index contributed by atoms with van der Waals surface area (Å²) in [5, 5.41) is 7.13. The minimum atomic E-state index is -0.157. The van der Waals surface area contributed by atoms with Crippen molar-refractivity contribution in [2.75, 3.05) is 27.3 Å². The molecule has 2 fully saturated rings. The van der Waals surface area contributed by atoms with E-state index in [4.69, 9.17) is 14.0 Å². The highest BCUT2D eigenvalue weighted by molar-refractivity contribution is 5.91. The van der Waals surface area contributed by atoms with Gasteiger partial charge in [0, 0.05) is 36.7 Å². The molecule has 7 heteroatoms. The predicted molar refractivity (Wildman–Crippen MR) is 104 cm³/mol. The third-order valence-corrected chi connectivity index (χ3v) is 5.47. The van der Waals surface area contributed by atoms with Crippen LogP contribution in [0.15, 0.2) is 28.8 Å². The van der Waals surface area contributed by atoms with Crippen LogP contribution in [0.25, 0.3) is 0 Å². The van der Waals surface area contributed by atoms with Crippen LogP contribution in [-0.2, 0) is 6.54 Å². The van der Waals surface area contributed by atoms with Gasteiger partial charge in [-0.3, -0.25) is 9.69 Å². The van der Waals surface area contributed by atoms with Crippen LogP contribution in [0.3, 0.4) is 0 Å². The number of hydrogen-bond acceptors (Lipinski definition) is 6. The van der Waals surface area contributed by atoms with Crippen molar-refractivity contribution >= 4 is 5.91 Å². The Morgan fingerprint density at radius 1 is 1.29 bits per heavy atom. The number of aromatic nitrogens is 1. The van der Waals surface area contributed by atoms with E-state index >= 15 is 0 Å². The number of carbonyl (C=O) groups excluding carboxylic acids is 1. The average molecular weight is 385 g/mol. The van der Waals surface area contributed by atoms with Crippen molar-refractivity contribution < 1.29 is 18.8 Å². The highest BCUT2D eigenvalue weighted by Crippen LogP contribution is 2.33. The van der Waals surface area contributed by atoms with Gasteiger partial charge in [-0.2, -0.15) is 0 Å². The molecular formula is C21H27N3O4. The summed E-state index contributed by atoms with van der Waals surface area (Å²) >= 11 is 0. The van der Waals surface area contributed by atoms with Gasteiger partial charge in [0.15, 0.2) is 11.5 Å². The van der Waals surface area contributed by atoms with E-state index in [1.54, 1.807) is 20.3 Å². The molecule has 0 bridgehead atoms. The summed E-state index contributed by atoms with van der Waals surface area (Å²) in [4.78, 5) is 14.5. The fraction of sp³-hybridized carbons (Fsp3) is 0.524. The normalized spacial score (nSPS) is 20.0. The van der Waals surface area contributed by atoms with Gasteiger partial charge in [-0.15, -0.1) is 0 Å². The molecule has 0 radical (unpaired) electrons. The number of ether oxygens (including phenoxy) is 2. The van der Waals surface area contributed by atoms with E-state index in [9.17, 15) is 4.79 Å². The summed E-state index contributed by atoms with van der Waals surface area (Å²) < 4.78 is 16.3. The molecule has 1 aliphatic carbocycles. The van der Waals surface area contributed by atoms with Gasteiger partial charge in [0.25, 0.3) is 5.91 Å². The first-order valence-corrected chi connectivity index (χ1v) is 9.87. The lowest BCUT2D eigenvalue weighted by Crippen LogP contribution is -2.34. The van der Waals surface area contributed by atoms with Crippen molar-refractivity contribution in [1.82, 2.24) is 15.4 Å². The molecule has 28 heavy (non-hydrogen) atoms. The fourth-order valence-corrected chi connectivity index (χ4v) is 3.83. The smallest absolute Gasteiger partial charge is 0.290 e. The summed E-state index contributed by atoms with van der Waals surface area (Å²) in [6.07, 6.45) is 4.23. The number of amides is 1. The maximum absolute atomic E-state index is 12.1. The molecule has 1 aromatic carbocycles. The monoisotopic (exact) mass is 385 g/mol. The SMILES string of the molecule is COc1cccc(CN2CCC[C@H](c3cc(C(=O)NC4CC4)on3)C2)c1OC. The van der Waals surface area contributed by atoms with E-state index in [1.165, 1.54) is 0 Å². The second-order valence-corrected chi connectivity index (χ2v) is 7.59. The van der Waals surface area contributed by atoms with Crippen LogP contribution in [-0.4, -0.2) is 49.3 Å². The number of benzene rings is 1. The maximum atomic E-state index is 12.1. The maximum Gasteiger partial charge on any atom is 0.290 e.